The van der Waals surface area contributed by atoms with Crippen molar-refractivity contribution in [2.45, 2.75) is 40.3 Å². The van der Waals surface area contributed by atoms with Crippen molar-refractivity contribution in [1.82, 2.24) is 20.2 Å². The van der Waals surface area contributed by atoms with Crippen LogP contribution >= 0.6 is 11.3 Å². The molecule has 0 aliphatic rings. The maximum absolute atomic E-state index is 13.0. The van der Waals surface area contributed by atoms with E-state index in [1.54, 1.807) is 32.0 Å². The Balaban J connectivity index is 1.83. The molecule has 186 valence electrons. The number of benzene rings is 1. The van der Waals surface area contributed by atoms with Gasteiger partial charge >= 0.3 is 5.97 Å². The molecule has 0 saturated heterocycles. The van der Waals surface area contributed by atoms with Crippen molar-refractivity contribution in [3.8, 4) is 0 Å². The number of nitrogens with one attached hydrogen (secondary N) is 3. The third-order valence-electron chi connectivity index (χ3n) is 5.40. The number of hydrogen-bond donors (Lipinski definition) is 3. The van der Waals surface area contributed by atoms with E-state index in [1.807, 2.05) is 24.8 Å². The quantitative estimate of drug-likeness (QED) is 0.386. The lowest BCUT2D eigenvalue weighted by molar-refractivity contribution is -0.117. The average molecular weight is 500 g/mol. The summed E-state index contributed by atoms with van der Waals surface area (Å²) in [5.74, 6) is -0.896. The number of anilines is 1. The van der Waals surface area contributed by atoms with E-state index in [4.69, 9.17) is 4.74 Å². The molecule has 0 atom stereocenters. The lowest BCUT2D eigenvalue weighted by Crippen LogP contribution is -2.38. The van der Waals surface area contributed by atoms with Gasteiger partial charge in [0.05, 0.1) is 41.0 Å². The van der Waals surface area contributed by atoms with Gasteiger partial charge in [-0.05, 0) is 45.4 Å². The van der Waals surface area contributed by atoms with Crippen molar-refractivity contribution in [1.29, 1.82) is 0 Å². The molecule has 0 spiro atoms. The molecule has 0 bridgehead atoms. The molecule has 0 fully saturated rings. The van der Waals surface area contributed by atoms with Crippen LogP contribution in [0.3, 0.4) is 0 Å². The van der Waals surface area contributed by atoms with Crippen LogP contribution in [0, 0.1) is 6.92 Å². The third-order valence-corrected chi connectivity index (χ3v) is 6.61. The number of thiophene rings is 1. The minimum atomic E-state index is -0.606. The molecule has 0 radical (unpaired) electrons. The van der Waals surface area contributed by atoms with E-state index in [0.29, 0.717) is 27.2 Å². The number of H-pyrrole nitrogens is 1. The Kier molecular flexibility index (Phi) is 8.36. The number of ether oxygens (including phenoxy) is 1. The number of para-hydroxylation sites is 1. The Morgan fingerprint density at radius 2 is 1.94 bits per heavy atom. The van der Waals surface area contributed by atoms with E-state index in [9.17, 15) is 19.2 Å². The van der Waals surface area contributed by atoms with Crippen LogP contribution in [0.15, 0.2) is 29.1 Å². The number of aromatic amines is 1. The molecule has 35 heavy (non-hydrogen) atoms. The molecule has 0 aliphatic carbocycles. The van der Waals surface area contributed by atoms with Gasteiger partial charge in [-0.3, -0.25) is 19.3 Å². The number of hydrogen-bond acceptors (Lipinski definition) is 8. The number of fused-ring (bicyclic) bond motifs is 1. The van der Waals surface area contributed by atoms with Crippen LogP contribution in [0.1, 0.15) is 52.2 Å². The molecule has 10 nitrogen and oxygen atoms in total. The van der Waals surface area contributed by atoms with Crippen LogP contribution in [0.5, 0.6) is 0 Å². The van der Waals surface area contributed by atoms with Crippen LogP contribution in [0.25, 0.3) is 10.9 Å². The molecule has 2 amide bonds. The summed E-state index contributed by atoms with van der Waals surface area (Å²) in [5, 5.41) is 6.06. The minimum absolute atomic E-state index is 0.0251. The maximum Gasteiger partial charge on any atom is 0.341 e. The highest BCUT2D eigenvalue weighted by Crippen LogP contribution is 2.33. The fraction of sp³-hybridized carbons (Fsp3) is 0.375. The predicted octanol–water partition coefficient (Wildman–Crippen LogP) is 2.68. The van der Waals surface area contributed by atoms with Crippen molar-refractivity contribution in [3.05, 3.63) is 56.4 Å². The zero-order valence-electron chi connectivity index (χ0n) is 20.4. The molecule has 0 unspecified atom stereocenters. The van der Waals surface area contributed by atoms with Crippen LogP contribution in [-0.4, -0.2) is 58.9 Å². The first-order valence-corrected chi connectivity index (χ1v) is 12.0. The molecule has 2 heterocycles. The highest BCUT2D eigenvalue weighted by molar-refractivity contribution is 7.18. The second-order valence-electron chi connectivity index (χ2n) is 8.14. The highest BCUT2D eigenvalue weighted by Gasteiger charge is 2.27. The van der Waals surface area contributed by atoms with Crippen molar-refractivity contribution < 1.29 is 19.1 Å². The average Bonchev–Trinajstić information content (AvgIpc) is 3.13. The maximum atomic E-state index is 13.0. The van der Waals surface area contributed by atoms with Crippen LogP contribution in [-0.2, 0) is 16.1 Å². The lowest BCUT2D eigenvalue weighted by atomic mass is 10.1. The molecule has 3 rings (SSSR count). The van der Waals surface area contributed by atoms with Gasteiger partial charge in [0.1, 0.15) is 10.8 Å². The van der Waals surface area contributed by atoms with Crippen molar-refractivity contribution >= 4 is 45.0 Å². The monoisotopic (exact) mass is 499 g/mol. The van der Waals surface area contributed by atoms with Gasteiger partial charge in [-0.2, -0.15) is 0 Å². The summed E-state index contributed by atoms with van der Waals surface area (Å²) in [6.45, 7) is 7.56. The number of rotatable bonds is 9. The topological polar surface area (TPSA) is 133 Å². The molecule has 0 saturated carbocycles. The van der Waals surface area contributed by atoms with Gasteiger partial charge in [0, 0.05) is 13.1 Å². The van der Waals surface area contributed by atoms with Crippen molar-refractivity contribution in [2.24, 2.45) is 0 Å². The van der Waals surface area contributed by atoms with Gasteiger partial charge in [0.2, 0.25) is 5.91 Å². The van der Waals surface area contributed by atoms with E-state index in [1.165, 1.54) is 7.05 Å². The summed E-state index contributed by atoms with van der Waals surface area (Å²) in [4.78, 5) is 59.7. The van der Waals surface area contributed by atoms with Gasteiger partial charge in [-0.25, -0.2) is 9.78 Å². The third kappa shape index (κ3) is 5.92. The van der Waals surface area contributed by atoms with Crippen LogP contribution in [0.4, 0.5) is 5.00 Å². The molecule has 1 aromatic carbocycles. The highest BCUT2D eigenvalue weighted by atomic mass is 32.1. The number of nitrogens with zero attached hydrogens (tertiary/aromatic N) is 2. The second kappa shape index (κ2) is 11.2. The summed E-state index contributed by atoms with van der Waals surface area (Å²) >= 11 is 1.02. The van der Waals surface area contributed by atoms with E-state index < -0.39 is 5.97 Å². The number of amides is 2. The van der Waals surface area contributed by atoms with Crippen LogP contribution < -0.4 is 16.2 Å². The van der Waals surface area contributed by atoms with Gasteiger partial charge in [0.25, 0.3) is 11.5 Å². The number of carbonyl (C=O) groups is 3. The predicted molar refractivity (Wildman–Crippen MR) is 135 cm³/mol. The standard InChI is InChI=1S/C24H29N5O5S/c1-6-34-24(33)19-14(4)20(22(32)25-5)35-23(19)28-18(30)12-29(13(2)3)11-17-26-16-10-8-7-9-15(16)21(31)27-17/h7-10,13H,6,11-12H2,1-5H3,(H,25,32)(H,28,30)(H,26,27,31). The first kappa shape index (κ1) is 26.0. The zero-order valence-corrected chi connectivity index (χ0v) is 21.2. The van der Waals surface area contributed by atoms with Crippen molar-refractivity contribution in [3.63, 3.8) is 0 Å². The summed E-state index contributed by atoms with van der Waals surface area (Å²) in [6, 6.07) is 7.00. The van der Waals surface area contributed by atoms with E-state index in [-0.39, 0.29) is 53.7 Å². The summed E-state index contributed by atoms with van der Waals surface area (Å²) < 4.78 is 5.13. The number of carbonyl (C=O) groups excluding carboxylic acids is 3. The molecular formula is C24H29N5O5S. The van der Waals surface area contributed by atoms with E-state index in [2.05, 4.69) is 20.6 Å². The second-order valence-corrected chi connectivity index (χ2v) is 9.16. The molecule has 11 heteroatoms. The first-order valence-electron chi connectivity index (χ1n) is 11.2. The Labute approximate surface area is 206 Å². The molecular weight excluding hydrogens is 470 g/mol. The fourth-order valence-electron chi connectivity index (χ4n) is 3.55. The summed E-state index contributed by atoms with van der Waals surface area (Å²) in [6.07, 6.45) is 0. The normalized spacial score (nSPS) is 11.2. The van der Waals surface area contributed by atoms with Gasteiger partial charge in [-0.1, -0.05) is 12.1 Å². The fourth-order valence-corrected chi connectivity index (χ4v) is 4.71. The molecule has 3 aromatic rings. The number of aromatic nitrogens is 2. The van der Waals surface area contributed by atoms with Gasteiger partial charge in [-0.15, -0.1) is 11.3 Å². The first-order chi connectivity index (χ1) is 16.7. The zero-order chi connectivity index (χ0) is 25.7. The smallest absolute Gasteiger partial charge is 0.341 e. The molecule has 3 N–H and O–H groups in total. The molecule has 2 aromatic heterocycles. The Morgan fingerprint density at radius 1 is 1.23 bits per heavy atom. The van der Waals surface area contributed by atoms with Gasteiger partial charge in [0.15, 0.2) is 0 Å². The Hall–Kier alpha value is -3.57. The summed E-state index contributed by atoms with van der Waals surface area (Å²) in [7, 11) is 1.50. The SMILES string of the molecule is CCOC(=O)c1c(NC(=O)CN(Cc2nc3ccccc3c(=O)[nH]2)C(C)C)sc(C(=O)NC)c1C. The summed E-state index contributed by atoms with van der Waals surface area (Å²) in [5.41, 5.74) is 0.949. The Bertz CT molecular complexity index is 1310. The van der Waals surface area contributed by atoms with Crippen LogP contribution in [0.2, 0.25) is 0 Å². The van der Waals surface area contributed by atoms with Crippen molar-refractivity contribution in [2.75, 3.05) is 25.5 Å². The minimum Gasteiger partial charge on any atom is -0.462 e. The number of esters is 1. The Morgan fingerprint density at radius 3 is 2.60 bits per heavy atom. The largest absolute Gasteiger partial charge is 0.462 e. The van der Waals surface area contributed by atoms with E-state index in [0.717, 1.165) is 11.3 Å². The molecule has 0 aliphatic heterocycles. The van der Waals surface area contributed by atoms with Gasteiger partial charge < -0.3 is 20.4 Å². The lowest BCUT2D eigenvalue weighted by Gasteiger charge is -2.25. The van der Waals surface area contributed by atoms with E-state index >= 15 is 0 Å².